The number of furan rings is 1. The van der Waals surface area contributed by atoms with Crippen molar-refractivity contribution in [1.29, 1.82) is 0 Å². The molecule has 5 heterocycles. The van der Waals surface area contributed by atoms with Gasteiger partial charge in [0.15, 0.2) is 0 Å². The van der Waals surface area contributed by atoms with E-state index in [9.17, 15) is 31.1 Å². The zero-order chi connectivity index (χ0) is 35.1. The number of halogens is 7. The van der Waals surface area contributed by atoms with Crippen LogP contribution in [0.15, 0.2) is 64.2 Å². The zero-order valence-corrected chi connectivity index (χ0v) is 26.9. The van der Waals surface area contributed by atoms with E-state index in [2.05, 4.69) is 10.3 Å². The molecular formula is C34H36F7N5O3. The number of hydrogen-bond donors (Lipinski definition) is 1. The Kier molecular flexibility index (Phi) is 9.54. The number of likely N-dealkylation sites (N-methyl/N-ethyl adjacent to an activating group) is 1. The van der Waals surface area contributed by atoms with Crippen LogP contribution in [0.3, 0.4) is 0 Å². The van der Waals surface area contributed by atoms with Gasteiger partial charge in [0.05, 0.1) is 48.4 Å². The molecule has 1 amide bonds. The summed E-state index contributed by atoms with van der Waals surface area (Å²) in [6.07, 6.45) is -8.80. The Labute approximate surface area is 278 Å². The number of aryl methyl sites for hydroxylation is 1. The van der Waals surface area contributed by atoms with Gasteiger partial charge in [-0.15, -0.1) is 0 Å². The molecule has 0 aliphatic carbocycles. The van der Waals surface area contributed by atoms with E-state index in [1.165, 1.54) is 11.0 Å². The monoisotopic (exact) mass is 695 g/mol. The number of amides is 1. The third-order valence-corrected chi connectivity index (χ3v) is 9.33. The molecule has 264 valence electrons. The van der Waals surface area contributed by atoms with Gasteiger partial charge in [-0.2, -0.15) is 26.3 Å². The number of aromatic nitrogens is 1. The fourth-order valence-electron chi connectivity index (χ4n) is 6.95. The van der Waals surface area contributed by atoms with Crippen LogP contribution in [-0.2, 0) is 35.0 Å². The Hall–Kier alpha value is -3.95. The van der Waals surface area contributed by atoms with Crippen LogP contribution in [0.5, 0.6) is 0 Å². The molecule has 8 nitrogen and oxygen atoms in total. The number of alkyl halides is 6. The van der Waals surface area contributed by atoms with Crippen LogP contribution in [0.4, 0.5) is 30.7 Å². The van der Waals surface area contributed by atoms with Crippen LogP contribution in [0.2, 0.25) is 0 Å². The second kappa shape index (κ2) is 13.4. The molecule has 1 spiro atoms. The van der Waals surface area contributed by atoms with Crippen molar-refractivity contribution in [3.8, 4) is 0 Å². The zero-order valence-electron chi connectivity index (χ0n) is 26.9. The molecule has 1 aromatic carbocycles. The van der Waals surface area contributed by atoms with E-state index >= 15 is 4.39 Å². The standard InChI is InChI=1S/C34H36F7N5O3/c1-3-42-27(26-9-4-6-21(2)43-26)18-46-20-45(17-23-24(33(36,37)38)7-5-8-25(23)35)28-19-48-32(30(28)31(46)47)12-14-44(15-13-32)16-22-10-11-29(49-22)34(39,40)41/h4-11,27,42H,3,12-20H2,1-2H3. The Morgan fingerprint density at radius 1 is 0.959 bits per heavy atom. The summed E-state index contributed by atoms with van der Waals surface area (Å²) in [5, 5.41) is 3.35. The van der Waals surface area contributed by atoms with Gasteiger partial charge in [0.25, 0.3) is 5.91 Å². The lowest BCUT2D eigenvalue weighted by atomic mass is 9.82. The van der Waals surface area contributed by atoms with Gasteiger partial charge in [-0.1, -0.05) is 19.1 Å². The molecule has 0 radical (unpaired) electrons. The summed E-state index contributed by atoms with van der Waals surface area (Å²) >= 11 is 0. The van der Waals surface area contributed by atoms with Crippen molar-refractivity contribution >= 4 is 5.91 Å². The summed E-state index contributed by atoms with van der Waals surface area (Å²) in [5.74, 6) is -2.29. The molecule has 1 saturated heterocycles. The van der Waals surface area contributed by atoms with Crippen molar-refractivity contribution in [2.24, 2.45) is 0 Å². The number of rotatable bonds is 9. The summed E-state index contributed by atoms with van der Waals surface area (Å²) in [4.78, 5) is 24.0. The van der Waals surface area contributed by atoms with Crippen molar-refractivity contribution in [1.82, 2.24) is 25.0 Å². The third-order valence-electron chi connectivity index (χ3n) is 9.33. The molecule has 3 aliphatic rings. The number of pyridine rings is 1. The maximum Gasteiger partial charge on any atom is 0.449 e. The molecule has 1 fully saturated rings. The lowest BCUT2D eigenvalue weighted by Crippen LogP contribution is -2.54. The predicted octanol–water partition coefficient (Wildman–Crippen LogP) is 6.43. The maximum absolute atomic E-state index is 15.1. The van der Waals surface area contributed by atoms with Crippen molar-refractivity contribution in [3.63, 3.8) is 0 Å². The van der Waals surface area contributed by atoms with Gasteiger partial charge in [0.1, 0.15) is 17.2 Å². The average Bonchev–Trinajstić information content (AvgIpc) is 3.66. The van der Waals surface area contributed by atoms with E-state index in [0.29, 0.717) is 49.4 Å². The van der Waals surface area contributed by atoms with Crippen LogP contribution < -0.4 is 5.32 Å². The van der Waals surface area contributed by atoms with Gasteiger partial charge in [-0.25, -0.2) is 4.39 Å². The smallest absolute Gasteiger partial charge is 0.449 e. The van der Waals surface area contributed by atoms with Crippen molar-refractivity contribution < 1.29 is 44.7 Å². The average molecular weight is 696 g/mol. The minimum Gasteiger partial charge on any atom is -0.455 e. The number of likely N-dealkylation sites (tertiary alicyclic amines) is 1. The maximum atomic E-state index is 15.1. The van der Waals surface area contributed by atoms with E-state index < -0.39 is 53.2 Å². The summed E-state index contributed by atoms with van der Waals surface area (Å²) in [5.41, 5.74) is -0.540. The third kappa shape index (κ3) is 7.19. The molecule has 49 heavy (non-hydrogen) atoms. The number of nitrogens with zero attached hydrogens (tertiary/aromatic N) is 4. The van der Waals surface area contributed by atoms with E-state index in [-0.39, 0.29) is 38.0 Å². The molecule has 2 aromatic heterocycles. The highest BCUT2D eigenvalue weighted by Crippen LogP contribution is 2.45. The van der Waals surface area contributed by atoms with Crippen molar-refractivity contribution in [2.45, 2.75) is 63.8 Å². The molecule has 0 saturated carbocycles. The normalized spacial score (nSPS) is 19.2. The summed E-state index contributed by atoms with van der Waals surface area (Å²) in [7, 11) is 0. The first-order valence-electron chi connectivity index (χ1n) is 16.0. The van der Waals surface area contributed by atoms with Crippen LogP contribution >= 0.6 is 0 Å². The summed E-state index contributed by atoms with van der Waals surface area (Å²) in [6, 6.07) is 10.1. The minimum atomic E-state index is -4.80. The number of nitrogens with one attached hydrogen (secondary N) is 1. The Morgan fingerprint density at radius 2 is 1.69 bits per heavy atom. The van der Waals surface area contributed by atoms with Crippen LogP contribution in [0.25, 0.3) is 0 Å². The van der Waals surface area contributed by atoms with E-state index in [1.54, 1.807) is 4.90 Å². The minimum absolute atomic E-state index is 0.0616. The van der Waals surface area contributed by atoms with Gasteiger partial charge >= 0.3 is 12.4 Å². The van der Waals surface area contributed by atoms with Gasteiger partial charge < -0.3 is 24.3 Å². The topological polar surface area (TPSA) is 74.1 Å². The van der Waals surface area contributed by atoms with E-state index in [0.717, 1.165) is 30.0 Å². The molecule has 6 rings (SSSR count). The number of ether oxygens (including phenoxy) is 1. The Morgan fingerprint density at radius 3 is 2.35 bits per heavy atom. The first-order valence-corrected chi connectivity index (χ1v) is 16.0. The second-order valence-electron chi connectivity index (χ2n) is 12.6. The van der Waals surface area contributed by atoms with Crippen molar-refractivity contribution in [2.75, 3.05) is 39.5 Å². The number of fused-ring (bicyclic) bond motifs is 1. The Balaban J connectivity index is 1.31. The van der Waals surface area contributed by atoms with Gasteiger partial charge in [0.2, 0.25) is 5.76 Å². The highest BCUT2D eigenvalue weighted by atomic mass is 19.4. The summed E-state index contributed by atoms with van der Waals surface area (Å²) in [6.45, 7) is 4.62. The largest absolute Gasteiger partial charge is 0.455 e. The van der Waals surface area contributed by atoms with E-state index in [1.807, 2.05) is 36.9 Å². The van der Waals surface area contributed by atoms with Crippen LogP contribution in [0, 0.1) is 12.7 Å². The molecule has 3 aromatic rings. The van der Waals surface area contributed by atoms with Crippen molar-refractivity contribution in [3.05, 3.63) is 99.7 Å². The van der Waals surface area contributed by atoms with Gasteiger partial charge in [-0.05, 0) is 62.7 Å². The number of hydrogen-bond acceptors (Lipinski definition) is 7. The van der Waals surface area contributed by atoms with E-state index in [4.69, 9.17) is 9.15 Å². The molecule has 15 heteroatoms. The predicted molar refractivity (Wildman–Crippen MR) is 163 cm³/mol. The van der Waals surface area contributed by atoms with Gasteiger partial charge in [-0.3, -0.25) is 14.7 Å². The highest BCUT2D eigenvalue weighted by Gasteiger charge is 2.52. The Bertz CT molecular complexity index is 1710. The molecule has 1 atom stereocenters. The number of piperidine rings is 1. The number of carbonyl (C=O) groups excluding carboxylic acids is 1. The van der Waals surface area contributed by atoms with Gasteiger partial charge in [0, 0.05) is 37.4 Å². The highest BCUT2D eigenvalue weighted by molar-refractivity contribution is 5.97. The molecule has 1 unspecified atom stereocenters. The number of benzene rings is 1. The quantitative estimate of drug-likeness (QED) is 0.259. The first kappa shape index (κ1) is 34.9. The lowest BCUT2D eigenvalue weighted by molar-refractivity contribution is -0.153. The molecule has 0 bridgehead atoms. The second-order valence-corrected chi connectivity index (χ2v) is 12.6. The first-order chi connectivity index (χ1) is 23.2. The molecular weight excluding hydrogens is 659 g/mol. The van der Waals surface area contributed by atoms with Crippen LogP contribution in [0.1, 0.15) is 59.8 Å². The lowest BCUT2D eigenvalue weighted by Gasteiger charge is -2.44. The summed E-state index contributed by atoms with van der Waals surface area (Å²) < 4.78 is 108. The molecule has 1 N–H and O–H groups in total. The SMILES string of the molecule is CCNC(CN1CN(Cc2c(F)cccc2C(F)(F)F)C2=C(C1=O)C1(CCN(Cc3ccc(C(F)(F)F)o3)CC1)OC2)c1cccc(C)n1. The fourth-order valence-corrected chi connectivity index (χ4v) is 6.95. The number of carbonyl (C=O) groups is 1. The fraction of sp³-hybridized carbons (Fsp3) is 0.471. The molecule has 3 aliphatic heterocycles. The van der Waals surface area contributed by atoms with Crippen LogP contribution in [-0.4, -0.2) is 70.6 Å².